The maximum Gasteiger partial charge on any atom is 0.233 e. The number of rotatable bonds is 4. The number of hydrogen-bond donors (Lipinski definition) is 3. The summed E-state index contributed by atoms with van der Waals surface area (Å²) in [6.45, 7) is 0.385. The van der Waals surface area contributed by atoms with Crippen LogP contribution in [0.25, 0.3) is 0 Å². The van der Waals surface area contributed by atoms with Crippen LogP contribution < -0.4 is 11.1 Å². The smallest absolute Gasteiger partial charge is 0.233 e. The molecule has 1 aliphatic carbocycles. The van der Waals surface area contributed by atoms with Crippen molar-refractivity contribution in [1.82, 2.24) is 15.3 Å². The molecule has 4 N–H and O–H groups in total. The van der Waals surface area contributed by atoms with E-state index in [-0.39, 0.29) is 5.91 Å². The Balaban J connectivity index is 2.00. The van der Waals surface area contributed by atoms with E-state index in [0.717, 1.165) is 31.5 Å². The van der Waals surface area contributed by atoms with E-state index in [0.29, 0.717) is 11.5 Å². The fraction of sp³-hybridized carbons (Fsp3) is 0.545. The molecule has 0 aromatic carbocycles. The van der Waals surface area contributed by atoms with E-state index in [1.165, 1.54) is 0 Å². The Kier molecular flexibility index (Phi) is 3.42. The number of aromatic nitrogens is 2. The Hall–Kier alpha value is -1.43. The van der Waals surface area contributed by atoms with Crippen LogP contribution in [0.2, 0.25) is 0 Å². The summed E-state index contributed by atoms with van der Waals surface area (Å²) in [4.78, 5) is 19.5. The molecule has 5 nitrogen and oxygen atoms in total. The Labute approximate surface area is 105 Å². The van der Waals surface area contributed by atoms with Crippen molar-refractivity contribution in [3.63, 3.8) is 0 Å². The van der Waals surface area contributed by atoms with E-state index in [1.54, 1.807) is 12.4 Å². The number of carbonyl (C=O) groups excluding carboxylic acids is 1. The summed E-state index contributed by atoms with van der Waals surface area (Å²) in [6, 6.07) is 0. The first-order chi connectivity index (χ1) is 8.15. The molecule has 1 aromatic heterocycles. The minimum absolute atomic E-state index is 0.0705. The molecule has 2 rings (SSSR count). The Bertz CT molecular complexity index is 409. The largest absolute Gasteiger partial charge is 0.392 e. The molecule has 1 aliphatic rings. The molecule has 1 heterocycles. The number of nitrogens with two attached hydrogens (primary N) is 1. The van der Waals surface area contributed by atoms with E-state index in [9.17, 15) is 4.79 Å². The van der Waals surface area contributed by atoms with Gasteiger partial charge in [0.05, 0.1) is 16.9 Å². The highest BCUT2D eigenvalue weighted by Gasteiger charge is 2.43. The van der Waals surface area contributed by atoms with Gasteiger partial charge in [0.2, 0.25) is 5.91 Å². The van der Waals surface area contributed by atoms with Gasteiger partial charge < -0.3 is 16.0 Å². The highest BCUT2D eigenvalue weighted by atomic mass is 32.1. The van der Waals surface area contributed by atoms with E-state index < -0.39 is 5.41 Å². The Morgan fingerprint density at radius 3 is 2.82 bits per heavy atom. The van der Waals surface area contributed by atoms with Crippen molar-refractivity contribution in [1.29, 1.82) is 0 Å². The van der Waals surface area contributed by atoms with Crippen molar-refractivity contribution in [3.8, 4) is 0 Å². The summed E-state index contributed by atoms with van der Waals surface area (Å²) in [5.41, 5.74) is 5.09. The number of hydrogen-bond acceptors (Lipinski definition) is 3. The van der Waals surface area contributed by atoms with Gasteiger partial charge in [0.15, 0.2) is 0 Å². The average Bonchev–Trinajstić information content (AvgIpc) is 2.97. The maximum atomic E-state index is 12.2. The number of nitrogens with one attached hydrogen (secondary N) is 2. The molecule has 0 unspecified atom stereocenters. The second kappa shape index (κ2) is 4.83. The predicted octanol–water partition coefficient (Wildman–Crippen LogP) is 0.872. The van der Waals surface area contributed by atoms with Crippen LogP contribution >= 0.6 is 12.2 Å². The lowest BCUT2D eigenvalue weighted by atomic mass is 9.85. The number of H-pyrrole nitrogens is 1. The molecule has 0 saturated heterocycles. The molecular weight excluding hydrogens is 236 g/mol. The molecule has 0 aliphatic heterocycles. The average molecular weight is 252 g/mol. The number of carbonyl (C=O) groups is 1. The predicted molar refractivity (Wildman–Crippen MR) is 68.1 cm³/mol. The third-order valence-electron chi connectivity index (χ3n) is 3.33. The van der Waals surface area contributed by atoms with Gasteiger partial charge in [-0.1, -0.05) is 25.1 Å². The monoisotopic (exact) mass is 252 g/mol. The zero-order chi connectivity index (χ0) is 12.3. The molecule has 0 atom stereocenters. The molecule has 6 heteroatoms. The maximum absolute atomic E-state index is 12.2. The van der Waals surface area contributed by atoms with Gasteiger partial charge in [-0.15, -0.1) is 0 Å². The minimum Gasteiger partial charge on any atom is -0.392 e. The van der Waals surface area contributed by atoms with E-state index in [2.05, 4.69) is 15.3 Å². The Morgan fingerprint density at radius 1 is 1.59 bits per heavy atom. The molecule has 0 spiro atoms. The van der Waals surface area contributed by atoms with Gasteiger partial charge in [0.25, 0.3) is 0 Å². The van der Waals surface area contributed by atoms with Gasteiger partial charge >= 0.3 is 0 Å². The zero-order valence-corrected chi connectivity index (χ0v) is 10.3. The molecule has 1 aromatic rings. The summed E-state index contributed by atoms with van der Waals surface area (Å²) in [5.74, 6) is 0.660. The molecule has 17 heavy (non-hydrogen) atoms. The van der Waals surface area contributed by atoms with Gasteiger partial charge in [-0.25, -0.2) is 4.98 Å². The third-order valence-corrected chi connectivity index (χ3v) is 3.73. The topological polar surface area (TPSA) is 83.8 Å². The van der Waals surface area contributed by atoms with Crippen LogP contribution in [0.1, 0.15) is 31.5 Å². The second-order valence-corrected chi connectivity index (χ2v) is 4.81. The van der Waals surface area contributed by atoms with Gasteiger partial charge in [-0.05, 0) is 12.8 Å². The van der Waals surface area contributed by atoms with E-state index in [4.69, 9.17) is 18.0 Å². The molecule has 92 valence electrons. The first kappa shape index (κ1) is 12.0. The van der Waals surface area contributed by atoms with Crippen LogP contribution in [0.15, 0.2) is 12.4 Å². The van der Waals surface area contributed by atoms with Crippen LogP contribution in [-0.2, 0) is 11.3 Å². The highest BCUT2D eigenvalue weighted by Crippen LogP contribution is 2.38. The molecular formula is C11H16N4OS. The van der Waals surface area contributed by atoms with Gasteiger partial charge in [-0.3, -0.25) is 4.79 Å². The van der Waals surface area contributed by atoms with Crippen molar-refractivity contribution in [2.75, 3.05) is 0 Å². The second-order valence-electron chi connectivity index (χ2n) is 4.37. The zero-order valence-electron chi connectivity index (χ0n) is 9.53. The van der Waals surface area contributed by atoms with Crippen LogP contribution in [0.3, 0.4) is 0 Å². The van der Waals surface area contributed by atoms with Gasteiger partial charge in [0.1, 0.15) is 5.82 Å². The van der Waals surface area contributed by atoms with Crippen LogP contribution in [0.4, 0.5) is 0 Å². The fourth-order valence-electron chi connectivity index (χ4n) is 2.29. The highest BCUT2D eigenvalue weighted by molar-refractivity contribution is 7.80. The summed E-state index contributed by atoms with van der Waals surface area (Å²) in [6.07, 6.45) is 6.90. The normalized spacial score (nSPS) is 17.9. The molecule has 1 saturated carbocycles. The molecule has 1 amide bonds. The quantitative estimate of drug-likeness (QED) is 0.694. The van der Waals surface area contributed by atoms with E-state index >= 15 is 0 Å². The number of imidazole rings is 1. The van der Waals surface area contributed by atoms with Crippen molar-refractivity contribution >= 4 is 23.1 Å². The van der Waals surface area contributed by atoms with E-state index in [1.807, 2.05) is 0 Å². The summed E-state index contributed by atoms with van der Waals surface area (Å²) in [5, 5.41) is 2.85. The first-order valence-electron chi connectivity index (χ1n) is 5.71. The summed E-state index contributed by atoms with van der Waals surface area (Å²) >= 11 is 5.05. The first-order valence-corrected chi connectivity index (χ1v) is 6.12. The Morgan fingerprint density at radius 2 is 2.29 bits per heavy atom. The van der Waals surface area contributed by atoms with Gasteiger partial charge in [0, 0.05) is 12.4 Å². The van der Waals surface area contributed by atoms with Crippen LogP contribution in [-0.4, -0.2) is 20.9 Å². The minimum atomic E-state index is -0.637. The lowest BCUT2D eigenvalue weighted by Crippen LogP contribution is -2.47. The van der Waals surface area contributed by atoms with Crippen molar-refractivity contribution in [3.05, 3.63) is 18.2 Å². The number of nitrogens with zero attached hydrogens (tertiary/aromatic N) is 1. The number of amides is 1. The molecule has 0 bridgehead atoms. The van der Waals surface area contributed by atoms with Crippen molar-refractivity contribution in [2.24, 2.45) is 11.1 Å². The van der Waals surface area contributed by atoms with Crippen molar-refractivity contribution in [2.45, 2.75) is 32.2 Å². The lowest BCUT2D eigenvalue weighted by Gasteiger charge is -2.25. The van der Waals surface area contributed by atoms with Gasteiger partial charge in [-0.2, -0.15) is 0 Å². The molecule has 0 radical (unpaired) electrons. The lowest BCUT2D eigenvalue weighted by molar-refractivity contribution is -0.127. The summed E-state index contributed by atoms with van der Waals surface area (Å²) in [7, 11) is 0. The number of aromatic amines is 1. The molecule has 1 fully saturated rings. The fourth-order valence-corrected chi connectivity index (χ4v) is 2.59. The van der Waals surface area contributed by atoms with Crippen LogP contribution in [0, 0.1) is 5.41 Å². The SMILES string of the molecule is NC(=S)C1(C(=O)NCc2ncc[nH]2)CCCC1. The standard InChI is InChI=1S/C11H16N4OS/c12-9(17)11(3-1-2-4-11)10(16)15-7-8-13-5-6-14-8/h5-6H,1-4,7H2,(H2,12,17)(H,13,14)(H,15,16). The number of thiocarbonyl (C=S) groups is 1. The van der Waals surface area contributed by atoms with Crippen LogP contribution in [0.5, 0.6) is 0 Å². The summed E-state index contributed by atoms with van der Waals surface area (Å²) < 4.78 is 0. The third kappa shape index (κ3) is 2.31. The van der Waals surface area contributed by atoms with Crippen molar-refractivity contribution < 1.29 is 4.79 Å².